The van der Waals surface area contributed by atoms with Crippen molar-refractivity contribution >= 4 is 5.91 Å². The molecule has 1 amide bonds. The van der Waals surface area contributed by atoms with Gasteiger partial charge in [-0.15, -0.1) is 0 Å². The lowest BCUT2D eigenvalue weighted by atomic mass is 9.73. The van der Waals surface area contributed by atoms with Crippen molar-refractivity contribution in [2.24, 2.45) is 5.41 Å². The van der Waals surface area contributed by atoms with Crippen molar-refractivity contribution < 1.29 is 4.79 Å². The fourth-order valence-electron chi connectivity index (χ4n) is 5.67. The molecule has 1 spiro atoms. The molecule has 3 heterocycles. The standard InChI is InChI=1S/C23H30N4O/c28-22-6-9-23(16-27(22)11-7-20-14-24-17-25-20)8-3-10-26(15-23)21-12-18-4-1-2-5-19(18)13-21/h1-2,4-5,14,17,21H,3,6-13,15-16H2,(H,24,25)/t23-/m1/s1. The summed E-state index contributed by atoms with van der Waals surface area (Å²) >= 11 is 0. The number of nitrogens with zero attached hydrogens (tertiary/aromatic N) is 3. The molecule has 148 valence electrons. The van der Waals surface area contributed by atoms with Gasteiger partial charge in [-0.2, -0.15) is 0 Å². The Bertz CT molecular complexity index is 808. The third kappa shape index (κ3) is 3.48. The minimum absolute atomic E-state index is 0.287. The molecule has 0 unspecified atom stereocenters. The highest BCUT2D eigenvalue weighted by Gasteiger charge is 2.43. The number of aromatic amines is 1. The van der Waals surface area contributed by atoms with Gasteiger partial charge in [0, 0.05) is 55.8 Å². The van der Waals surface area contributed by atoms with Crippen molar-refractivity contribution in [3.8, 4) is 0 Å². The number of H-pyrrole nitrogens is 1. The van der Waals surface area contributed by atoms with Gasteiger partial charge in [0.1, 0.15) is 0 Å². The Balaban J connectivity index is 1.25. The number of piperidine rings is 2. The molecule has 1 N–H and O–H groups in total. The summed E-state index contributed by atoms with van der Waals surface area (Å²) in [5.41, 5.74) is 4.47. The molecule has 5 heteroatoms. The Kier molecular flexibility index (Phi) is 4.71. The topological polar surface area (TPSA) is 52.2 Å². The van der Waals surface area contributed by atoms with E-state index in [4.69, 9.17) is 0 Å². The summed E-state index contributed by atoms with van der Waals surface area (Å²) < 4.78 is 0. The summed E-state index contributed by atoms with van der Waals surface area (Å²) in [4.78, 5) is 24.7. The van der Waals surface area contributed by atoms with Gasteiger partial charge in [-0.3, -0.25) is 9.69 Å². The molecule has 28 heavy (non-hydrogen) atoms. The highest BCUT2D eigenvalue weighted by atomic mass is 16.2. The first-order valence-electron chi connectivity index (χ1n) is 10.8. The van der Waals surface area contributed by atoms with E-state index >= 15 is 0 Å². The summed E-state index contributed by atoms with van der Waals surface area (Å²) in [6.45, 7) is 4.09. The monoisotopic (exact) mass is 378 g/mol. The largest absolute Gasteiger partial charge is 0.348 e. The lowest BCUT2D eigenvalue weighted by molar-refractivity contribution is -0.139. The summed E-state index contributed by atoms with van der Waals surface area (Å²) in [7, 11) is 0. The van der Waals surface area contributed by atoms with Gasteiger partial charge in [-0.05, 0) is 49.8 Å². The van der Waals surface area contributed by atoms with E-state index in [1.165, 1.54) is 43.4 Å². The second-order valence-corrected chi connectivity index (χ2v) is 9.05. The van der Waals surface area contributed by atoms with E-state index in [0.29, 0.717) is 18.4 Å². The van der Waals surface area contributed by atoms with Crippen molar-refractivity contribution in [2.75, 3.05) is 26.2 Å². The third-order valence-corrected chi connectivity index (χ3v) is 7.19. The normalized spacial score (nSPS) is 26.1. The van der Waals surface area contributed by atoms with Gasteiger partial charge in [0.05, 0.1) is 6.33 Å². The van der Waals surface area contributed by atoms with Gasteiger partial charge in [0.2, 0.25) is 5.91 Å². The Labute approximate surface area is 167 Å². The predicted molar refractivity (Wildman–Crippen MR) is 109 cm³/mol. The maximum absolute atomic E-state index is 12.6. The second kappa shape index (κ2) is 7.36. The van der Waals surface area contributed by atoms with Gasteiger partial charge in [0.15, 0.2) is 0 Å². The van der Waals surface area contributed by atoms with E-state index in [2.05, 4.69) is 44.0 Å². The first-order valence-corrected chi connectivity index (χ1v) is 10.8. The molecule has 1 aliphatic carbocycles. The fourth-order valence-corrected chi connectivity index (χ4v) is 5.67. The van der Waals surface area contributed by atoms with Crippen LogP contribution in [0.25, 0.3) is 0 Å². The van der Waals surface area contributed by atoms with Crippen LogP contribution in [0.15, 0.2) is 36.8 Å². The number of carbonyl (C=O) groups excluding carboxylic acids is 1. The van der Waals surface area contributed by atoms with Crippen LogP contribution in [-0.4, -0.2) is 57.9 Å². The first-order chi connectivity index (χ1) is 13.7. The predicted octanol–water partition coefficient (Wildman–Crippen LogP) is 2.82. The Hall–Kier alpha value is -2.14. The molecule has 2 fully saturated rings. The molecule has 5 nitrogen and oxygen atoms in total. The minimum atomic E-state index is 0.287. The maximum Gasteiger partial charge on any atom is 0.222 e. The first kappa shape index (κ1) is 17.9. The van der Waals surface area contributed by atoms with Crippen LogP contribution in [0.1, 0.15) is 42.5 Å². The van der Waals surface area contributed by atoms with Crippen LogP contribution in [-0.2, 0) is 24.1 Å². The van der Waals surface area contributed by atoms with Crippen LogP contribution in [0.4, 0.5) is 0 Å². The molecule has 0 bridgehead atoms. The molecular weight excluding hydrogens is 348 g/mol. The molecule has 1 aromatic heterocycles. The van der Waals surface area contributed by atoms with Gasteiger partial charge >= 0.3 is 0 Å². The minimum Gasteiger partial charge on any atom is -0.348 e. The van der Waals surface area contributed by atoms with Crippen LogP contribution < -0.4 is 0 Å². The number of nitrogens with one attached hydrogen (secondary N) is 1. The molecule has 1 atom stereocenters. The average molecular weight is 379 g/mol. The zero-order chi connectivity index (χ0) is 19.0. The van der Waals surface area contributed by atoms with Gasteiger partial charge in [-0.1, -0.05) is 24.3 Å². The zero-order valence-electron chi connectivity index (χ0n) is 16.6. The number of hydrogen-bond donors (Lipinski definition) is 1. The van der Waals surface area contributed by atoms with E-state index < -0.39 is 0 Å². The van der Waals surface area contributed by atoms with E-state index in [0.717, 1.165) is 38.2 Å². The number of hydrogen-bond acceptors (Lipinski definition) is 3. The molecule has 0 radical (unpaired) electrons. The van der Waals surface area contributed by atoms with Crippen molar-refractivity contribution in [3.63, 3.8) is 0 Å². The average Bonchev–Trinajstić information content (AvgIpc) is 3.38. The molecule has 2 aliphatic heterocycles. The van der Waals surface area contributed by atoms with Crippen LogP contribution >= 0.6 is 0 Å². The maximum atomic E-state index is 12.6. The highest BCUT2D eigenvalue weighted by molar-refractivity contribution is 5.77. The SMILES string of the molecule is O=C1CC[C@@]2(CCCN(C3Cc4ccccc4C3)C2)CN1CCc1cnc[nH]1. The van der Waals surface area contributed by atoms with Crippen molar-refractivity contribution in [1.82, 2.24) is 19.8 Å². The lowest BCUT2D eigenvalue weighted by Crippen LogP contribution is -2.56. The number of fused-ring (bicyclic) bond motifs is 1. The van der Waals surface area contributed by atoms with E-state index in [1.807, 2.05) is 6.20 Å². The van der Waals surface area contributed by atoms with Crippen molar-refractivity contribution in [2.45, 2.75) is 51.0 Å². The summed E-state index contributed by atoms with van der Waals surface area (Å²) in [5, 5.41) is 0. The second-order valence-electron chi connectivity index (χ2n) is 9.05. The van der Waals surface area contributed by atoms with Crippen molar-refractivity contribution in [1.29, 1.82) is 0 Å². The number of rotatable bonds is 4. The molecule has 0 saturated carbocycles. The number of aromatic nitrogens is 2. The number of benzene rings is 1. The molecular formula is C23H30N4O. The van der Waals surface area contributed by atoms with Gasteiger partial charge in [-0.25, -0.2) is 4.98 Å². The van der Waals surface area contributed by atoms with Gasteiger partial charge < -0.3 is 9.88 Å². The zero-order valence-corrected chi connectivity index (χ0v) is 16.6. The van der Waals surface area contributed by atoms with Gasteiger partial charge in [0.25, 0.3) is 0 Å². The quantitative estimate of drug-likeness (QED) is 0.890. The summed E-state index contributed by atoms with van der Waals surface area (Å²) in [5.74, 6) is 0.329. The van der Waals surface area contributed by atoms with Crippen LogP contribution in [0.5, 0.6) is 0 Å². The van der Waals surface area contributed by atoms with E-state index in [1.54, 1.807) is 6.33 Å². The Morgan fingerprint density at radius 3 is 2.71 bits per heavy atom. The number of amides is 1. The number of imidazole rings is 1. The summed E-state index contributed by atoms with van der Waals surface area (Å²) in [6.07, 6.45) is 11.1. The molecule has 2 aromatic rings. The molecule has 2 saturated heterocycles. The van der Waals surface area contributed by atoms with Crippen molar-refractivity contribution in [3.05, 3.63) is 53.6 Å². The fraction of sp³-hybridized carbons (Fsp3) is 0.565. The van der Waals surface area contributed by atoms with E-state index in [9.17, 15) is 4.79 Å². The molecule has 3 aliphatic rings. The van der Waals surface area contributed by atoms with Crippen LogP contribution in [0, 0.1) is 5.41 Å². The smallest absolute Gasteiger partial charge is 0.222 e. The molecule has 1 aromatic carbocycles. The van der Waals surface area contributed by atoms with E-state index in [-0.39, 0.29) is 5.41 Å². The highest BCUT2D eigenvalue weighted by Crippen LogP contribution is 2.40. The Morgan fingerprint density at radius 1 is 1.14 bits per heavy atom. The third-order valence-electron chi connectivity index (χ3n) is 7.19. The number of likely N-dealkylation sites (tertiary alicyclic amines) is 2. The van der Waals surface area contributed by atoms with Crippen LogP contribution in [0.2, 0.25) is 0 Å². The Morgan fingerprint density at radius 2 is 1.96 bits per heavy atom. The van der Waals surface area contributed by atoms with Crippen LogP contribution in [0.3, 0.4) is 0 Å². The molecule has 5 rings (SSSR count). The lowest BCUT2D eigenvalue weighted by Gasteiger charge is -2.49. The summed E-state index contributed by atoms with van der Waals surface area (Å²) in [6, 6.07) is 9.58. The number of carbonyl (C=O) groups is 1.